The van der Waals surface area contributed by atoms with E-state index in [2.05, 4.69) is 24.0 Å². The van der Waals surface area contributed by atoms with E-state index in [4.69, 9.17) is 11.6 Å². The highest BCUT2D eigenvalue weighted by Gasteiger charge is 2.20. The summed E-state index contributed by atoms with van der Waals surface area (Å²) >= 11 is 5.88. The molecule has 1 aromatic rings. The van der Waals surface area contributed by atoms with Crippen molar-refractivity contribution in [3.05, 3.63) is 34.9 Å². The van der Waals surface area contributed by atoms with E-state index in [1.165, 1.54) is 5.56 Å². The van der Waals surface area contributed by atoms with Crippen molar-refractivity contribution >= 4 is 17.5 Å². The molecule has 0 radical (unpaired) electrons. The fourth-order valence-corrected chi connectivity index (χ4v) is 2.50. The van der Waals surface area contributed by atoms with Gasteiger partial charge in [0.05, 0.1) is 0 Å². The van der Waals surface area contributed by atoms with Crippen molar-refractivity contribution in [3.63, 3.8) is 0 Å². The van der Waals surface area contributed by atoms with Gasteiger partial charge in [0.25, 0.3) is 0 Å². The van der Waals surface area contributed by atoms with Gasteiger partial charge in [-0.3, -0.25) is 9.69 Å². The lowest BCUT2D eigenvalue weighted by Gasteiger charge is -2.34. The molecule has 0 spiro atoms. The Morgan fingerprint density at radius 2 is 1.79 bits per heavy atom. The molecule has 0 unspecified atom stereocenters. The zero-order valence-electron chi connectivity index (χ0n) is 11.4. The molecule has 0 aliphatic carbocycles. The molecule has 4 heteroatoms. The normalized spacial score (nSPS) is 16.6. The number of carbonyl (C=O) groups is 1. The highest BCUT2D eigenvalue weighted by molar-refractivity contribution is 6.30. The maximum Gasteiger partial charge on any atom is 0.222 e. The van der Waals surface area contributed by atoms with Crippen LogP contribution in [0.4, 0.5) is 0 Å². The smallest absolute Gasteiger partial charge is 0.222 e. The van der Waals surface area contributed by atoms with Crippen LogP contribution in [-0.4, -0.2) is 41.9 Å². The maximum atomic E-state index is 11.8. The summed E-state index contributed by atoms with van der Waals surface area (Å²) in [5, 5.41) is 0.777. The lowest BCUT2D eigenvalue weighted by atomic mass is 10.2. The number of halogens is 1. The van der Waals surface area contributed by atoms with Gasteiger partial charge in [0.1, 0.15) is 0 Å². The van der Waals surface area contributed by atoms with Crippen LogP contribution in [0.2, 0.25) is 5.02 Å². The Morgan fingerprint density at radius 1 is 1.16 bits per heavy atom. The Labute approximate surface area is 120 Å². The number of benzene rings is 1. The first-order chi connectivity index (χ1) is 9.19. The van der Waals surface area contributed by atoms with E-state index in [-0.39, 0.29) is 0 Å². The number of nitrogens with zero attached hydrogens (tertiary/aromatic N) is 2. The third-order valence-corrected chi connectivity index (χ3v) is 3.76. The third-order valence-electron chi connectivity index (χ3n) is 3.51. The largest absolute Gasteiger partial charge is 0.340 e. The van der Waals surface area contributed by atoms with Gasteiger partial charge in [-0.2, -0.15) is 0 Å². The molecule has 0 bridgehead atoms. The summed E-state index contributed by atoms with van der Waals surface area (Å²) in [6.07, 6.45) is 1.61. The van der Waals surface area contributed by atoms with Crippen LogP contribution in [0.1, 0.15) is 25.3 Å². The molecular formula is C15H21ClN2O. The van der Waals surface area contributed by atoms with Gasteiger partial charge in [-0.25, -0.2) is 0 Å². The minimum atomic E-state index is 0.300. The minimum absolute atomic E-state index is 0.300. The Hall–Kier alpha value is -1.06. The first-order valence-corrected chi connectivity index (χ1v) is 7.31. The van der Waals surface area contributed by atoms with E-state index in [0.29, 0.717) is 12.3 Å². The van der Waals surface area contributed by atoms with Crippen molar-refractivity contribution in [1.29, 1.82) is 0 Å². The summed E-state index contributed by atoms with van der Waals surface area (Å²) in [5.41, 5.74) is 1.28. The summed E-state index contributed by atoms with van der Waals surface area (Å²) in [4.78, 5) is 16.2. The molecule has 3 nitrogen and oxygen atoms in total. The van der Waals surface area contributed by atoms with Crippen molar-refractivity contribution in [3.8, 4) is 0 Å². The molecule has 0 N–H and O–H groups in total. The second-order valence-corrected chi connectivity index (χ2v) is 5.47. The van der Waals surface area contributed by atoms with Crippen LogP contribution in [0, 0.1) is 0 Å². The quantitative estimate of drug-likeness (QED) is 0.847. The van der Waals surface area contributed by atoms with E-state index in [0.717, 1.165) is 44.2 Å². The molecule has 1 amide bonds. The zero-order valence-corrected chi connectivity index (χ0v) is 12.2. The Balaban J connectivity index is 1.80. The Bertz CT molecular complexity index is 411. The molecule has 1 heterocycles. The standard InChI is InChI=1S/C15H21ClN2O/c1-2-3-15(19)18-10-8-17(9-11-18)12-13-4-6-14(16)7-5-13/h4-7H,2-3,8-12H2,1H3. The van der Waals surface area contributed by atoms with Crippen LogP contribution in [0.25, 0.3) is 0 Å². The molecule has 19 heavy (non-hydrogen) atoms. The Kier molecular flexibility index (Phi) is 5.23. The van der Waals surface area contributed by atoms with Crippen molar-refractivity contribution in [2.24, 2.45) is 0 Å². The van der Waals surface area contributed by atoms with E-state index in [1.807, 2.05) is 17.0 Å². The number of piperazine rings is 1. The third kappa shape index (κ3) is 4.22. The average Bonchev–Trinajstić information content (AvgIpc) is 2.42. The van der Waals surface area contributed by atoms with Crippen LogP contribution < -0.4 is 0 Å². The molecule has 104 valence electrons. The highest BCUT2D eigenvalue weighted by atomic mass is 35.5. The predicted octanol–water partition coefficient (Wildman–Crippen LogP) is 2.78. The van der Waals surface area contributed by atoms with Crippen molar-refractivity contribution in [2.45, 2.75) is 26.3 Å². The number of carbonyl (C=O) groups excluding carboxylic acids is 1. The fraction of sp³-hybridized carbons (Fsp3) is 0.533. The van der Waals surface area contributed by atoms with Crippen LogP contribution in [0.3, 0.4) is 0 Å². The second kappa shape index (κ2) is 6.92. The molecule has 1 aliphatic heterocycles. The minimum Gasteiger partial charge on any atom is -0.340 e. The first-order valence-electron chi connectivity index (χ1n) is 6.93. The lowest BCUT2D eigenvalue weighted by Crippen LogP contribution is -2.48. The number of hydrogen-bond donors (Lipinski definition) is 0. The van der Waals surface area contributed by atoms with Gasteiger partial charge in [-0.1, -0.05) is 30.7 Å². The molecule has 2 rings (SSSR count). The molecular weight excluding hydrogens is 260 g/mol. The van der Waals surface area contributed by atoms with Crippen molar-refractivity contribution < 1.29 is 4.79 Å². The van der Waals surface area contributed by atoms with Gasteiger partial charge < -0.3 is 4.90 Å². The number of amides is 1. The summed E-state index contributed by atoms with van der Waals surface area (Å²) in [6, 6.07) is 7.99. The average molecular weight is 281 g/mol. The van der Waals surface area contributed by atoms with Crippen LogP contribution >= 0.6 is 11.6 Å². The molecule has 1 saturated heterocycles. The Morgan fingerprint density at radius 3 is 2.37 bits per heavy atom. The maximum absolute atomic E-state index is 11.8. The van der Waals surface area contributed by atoms with Gasteiger partial charge in [0.15, 0.2) is 0 Å². The van der Waals surface area contributed by atoms with Crippen LogP contribution in [0.15, 0.2) is 24.3 Å². The first kappa shape index (κ1) is 14.4. The lowest BCUT2D eigenvalue weighted by molar-refractivity contribution is -0.133. The van der Waals surface area contributed by atoms with Crippen LogP contribution in [0.5, 0.6) is 0 Å². The van der Waals surface area contributed by atoms with Crippen molar-refractivity contribution in [1.82, 2.24) is 9.80 Å². The highest BCUT2D eigenvalue weighted by Crippen LogP contribution is 2.13. The second-order valence-electron chi connectivity index (χ2n) is 5.03. The van der Waals surface area contributed by atoms with E-state index in [9.17, 15) is 4.79 Å². The topological polar surface area (TPSA) is 23.6 Å². The molecule has 1 fully saturated rings. The van der Waals surface area contributed by atoms with Gasteiger partial charge in [-0.15, -0.1) is 0 Å². The van der Waals surface area contributed by atoms with E-state index < -0.39 is 0 Å². The van der Waals surface area contributed by atoms with Gasteiger partial charge in [-0.05, 0) is 24.1 Å². The SMILES string of the molecule is CCCC(=O)N1CCN(Cc2ccc(Cl)cc2)CC1. The monoisotopic (exact) mass is 280 g/mol. The molecule has 0 saturated carbocycles. The predicted molar refractivity (Wildman–Crippen MR) is 78.2 cm³/mol. The molecule has 0 atom stereocenters. The van der Waals surface area contributed by atoms with Crippen LogP contribution in [-0.2, 0) is 11.3 Å². The van der Waals surface area contributed by atoms with Gasteiger partial charge >= 0.3 is 0 Å². The summed E-state index contributed by atoms with van der Waals surface area (Å²) < 4.78 is 0. The molecule has 1 aliphatic rings. The summed E-state index contributed by atoms with van der Waals surface area (Å²) in [7, 11) is 0. The number of rotatable bonds is 4. The molecule has 0 aromatic heterocycles. The van der Waals surface area contributed by atoms with E-state index >= 15 is 0 Å². The fourth-order valence-electron chi connectivity index (χ4n) is 2.38. The number of hydrogen-bond acceptors (Lipinski definition) is 2. The summed E-state index contributed by atoms with van der Waals surface area (Å²) in [6.45, 7) is 6.61. The van der Waals surface area contributed by atoms with Gasteiger partial charge in [0, 0.05) is 44.2 Å². The van der Waals surface area contributed by atoms with Gasteiger partial charge in [0.2, 0.25) is 5.91 Å². The zero-order chi connectivity index (χ0) is 13.7. The molecule has 1 aromatic carbocycles. The van der Waals surface area contributed by atoms with Crippen molar-refractivity contribution in [2.75, 3.05) is 26.2 Å². The summed E-state index contributed by atoms with van der Waals surface area (Å²) in [5.74, 6) is 0.300. The van der Waals surface area contributed by atoms with E-state index in [1.54, 1.807) is 0 Å².